The lowest BCUT2D eigenvalue weighted by molar-refractivity contribution is 0.669. The van der Waals surface area contributed by atoms with Gasteiger partial charge in [0.2, 0.25) is 0 Å². The van der Waals surface area contributed by atoms with Crippen LogP contribution in [0, 0.1) is 6.92 Å². The SMILES string of the molecule is Cc1cc(-c2ccccc2)nc(-c2ccc(-c3ccc4c(c3)oc3ccccc34)cc2)n1. The number of benzene rings is 4. The molecule has 4 aromatic carbocycles. The molecule has 0 N–H and O–H groups in total. The third kappa shape index (κ3) is 3.25. The molecule has 0 aliphatic carbocycles. The largest absolute Gasteiger partial charge is 0.456 e. The molecular weight excluding hydrogens is 392 g/mol. The van der Waals surface area contributed by atoms with Crippen LogP contribution in [-0.4, -0.2) is 9.97 Å². The molecule has 2 heterocycles. The molecule has 6 rings (SSSR count). The molecule has 0 fully saturated rings. The summed E-state index contributed by atoms with van der Waals surface area (Å²) in [6.45, 7) is 2.01. The van der Waals surface area contributed by atoms with E-state index in [1.807, 2.05) is 49.4 Å². The smallest absolute Gasteiger partial charge is 0.160 e. The van der Waals surface area contributed by atoms with Crippen LogP contribution in [0.5, 0.6) is 0 Å². The average Bonchev–Trinajstić information content (AvgIpc) is 3.22. The van der Waals surface area contributed by atoms with Crippen molar-refractivity contribution in [2.24, 2.45) is 0 Å². The van der Waals surface area contributed by atoms with E-state index in [2.05, 4.69) is 65.6 Å². The van der Waals surface area contributed by atoms with Gasteiger partial charge in [-0.15, -0.1) is 0 Å². The molecule has 3 heteroatoms. The molecule has 2 aromatic heterocycles. The maximum absolute atomic E-state index is 6.06. The van der Waals surface area contributed by atoms with Crippen LogP contribution in [-0.2, 0) is 0 Å². The van der Waals surface area contributed by atoms with E-state index < -0.39 is 0 Å². The van der Waals surface area contributed by atoms with Gasteiger partial charge in [-0.2, -0.15) is 0 Å². The van der Waals surface area contributed by atoms with Crippen molar-refractivity contribution >= 4 is 21.9 Å². The van der Waals surface area contributed by atoms with Gasteiger partial charge in [0.1, 0.15) is 11.2 Å². The van der Waals surface area contributed by atoms with Crippen molar-refractivity contribution in [1.82, 2.24) is 9.97 Å². The van der Waals surface area contributed by atoms with Crippen LogP contribution in [0.4, 0.5) is 0 Å². The molecule has 3 nitrogen and oxygen atoms in total. The number of hydrogen-bond acceptors (Lipinski definition) is 3. The highest BCUT2D eigenvalue weighted by Crippen LogP contribution is 2.32. The number of rotatable bonds is 3. The summed E-state index contributed by atoms with van der Waals surface area (Å²) >= 11 is 0. The zero-order valence-corrected chi connectivity index (χ0v) is 17.6. The second-order valence-corrected chi connectivity index (χ2v) is 7.97. The Kier molecular flexibility index (Phi) is 4.32. The van der Waals surface area contributed by atoms with E-state index in [1.165, 1.54) is 0 Å². The Labute approximate surface area is 186 Å². The Morgan fingerprint density at radius 2 is 1.22 bits per heavy atom. The molecule has 0 aliphatic heterocycles. The standard InChI is InChI=1S/C29H20N2O/c1-19-17-26(21-7-3-2-4-8-21)31-29(30-19)22-13-11-20(12-14-22)23-15-16-25-24-9-5-6-10-27(24)32-28(25)18-23/h2-18H,1H3. The van der Waals surface area contributed by atoms with Gasteiger partial charge in [0, 0.05) is 27.6 Å². The third-order valence-corrected chi connectivity index (χ3v) is 5.78. The second kappa shape index (κ2) is 7.47. The maximum Gasteiger partial charge on any atom is 0.160 e. The fourth-order valence-electron chi connectivity index (χ4n) is 4.17. The topological polar surface area (TPSA) is 38.9 Å². The number of aryl methyl sites for hydroxylation is 1. The van der Waals surface area contributed by atoms with E-state index in [1.54, 1.807) is 0 Å². The molecule has 0 saturated carbocycles. The Morgan fingerprint density at radius 3 is 2.06 bits per heavy atom. The molecule has 0 amide bonds. The Balaban J connectivity index is 1.36. The molecule has 0 radical (unpaired) electrons. The highest BCUT2D eigenvalue weighted by Gasteiger charge is 2.10. The number of aromatic nitrogens is 2. The van der Waals surface area contributed by atoms with Crippen molar-refractivity contribution in [3.05, 3.63) is 109 Å². The van der Waals surface area contributed by atoms with E-state index in [9.17, 15) is 0 Å². The first-order chi connectivity index (χ1) is 15.7. The molecule has 0 atom stereocenters. The van der Waals surface area contributed by atoms with E-state index in [4.69, 9.17) is 9.40 Å². The fraction of sp³-hybridized carbons (Fsp3) is 0.0345. The lowest BCUT2D eigenvalue weighted by atomic mass is 10.0. The Morgan fingerprint density at radius 1 is 0.531 bits per heavy atom. The molecule has 152 valence electrons. The number of para-hydroxylation sites is 1. The summed E-state index contributed by atoms with van der Waals surface area (Å²) in [6.07, 6.45) is 0. The minimum Gasteiger partial charge on any atom is -0.456 e. The number of hydrogen-bond donors (Lipinski definition) is 0. The lowest BCUT2D eigenvalue weighted by Crippen LogP contribution is -1.95. The van der Waals surface area contributed by atoms with E-state index >= 15 is 0 Å². The minimum atomic E-state index is 0.739. The van der Waals surface area contributed by atoms with Crippen molar-refractivity contribution in [2.75, 3.05) is 0 Å². The summed E-state index contributed by atoms with van der Waals surface area (Å²) in [6, 6.07) is 35.2. The van der Waals surface area contributed by atoms with Gasteiger partial charge in [-0.05, 0) is 42.3 Å². The quantitative estimate of drug-likeness (QED) is 0.299. The van der Waals surface area contributed by atoms with Gasteiger partial charge >= 0.3 is 0 Å². The number of furan rings is 1. The molecule has 0 saturated heterocycles. The van der Waals surface area contributed by atoms with Crippen molar-refractivity contribution in [2.45, 2.75) is 6.92 Å². The van der Waals surface area contributed by atoms with Gasteiger partial charge in [-0.1, -0.05) is 78.9 Å². The number of fused-ring (bicyclic) bond motifs is 3. The monoisotopic (exact) mass is 412 g/mol. The molecule has 0 aliphatic rings. The van der Waals surface area contributed by atoms with Crippen LogP contribution in [0.1, 0.15) is 5.69 Å². The summed E-state index contributed by atoms with van der Waals surface area (Å²) in [4.78, 5) is 9.49. The van der Waals surface area contributed by atoms with Crippen LogP contribution < -0.4 is 0 Å². The first kappa shape index (κ1) is 18.5. The van der Waals surface area contributed by atoms with E-state index in [0.717, 1.165) is 61.4 Å². The predicted octanol–water partition coefficient (Wildman–Crippen LogP) is 7.69. The average molecular weight is 412 g/mol. The van der Waals surface area contributed by atoms with Gasteiger partial charge in [0.25, 0.3) is 0 Å². The van der Waals surface area contributed by atoms with Crippen molar-refractivity contribution in [3.63, 3.8) is 0 Å². The van der Waals surface area contributed by atoms with Crippen LogP contribution >= 0.6 is 0 Å². The second-order valence-electron chi connectivity index (χ2n) is 7.97. The van der Waals surface area contributed by atoms with Crippen LogP contribution in [0.3, 0.4) is 0 Å². The Hall–Kier alpha value is -4.24. The summed E-state index contributed by atoms with van der Waals surface area (Å²) in [5, 5.41) is 2.29. The van der Waals surface area contributed by atoms with Crippen molar-refractivity contribution in [3.8, 4) is 33.8 Å². The molecule has 6 aromatic rings. The zero-order valence-electron chi connectivity index (χ0n) is 17.6. The van der Waals surface area contributed by atoms with Gasteiger partial charge in [-0.3, -0.25) is 0 Å². The van der Waals surface area contributed by atoms with Crippen LogP contribution in [0.2, 0.25) is 0 Å². The normalized spacial score (nSPS) is 11.3. The zero-order chi connectivity index (χ0) is 21.5. The van der Waals surface area contributed by atoms with Gasteiger partial charge in [0.15, 0.2) is 5.82 Å². The summed E-state index contributed by atoms with van der Waals surface area (Å²) < 4.78 is 6.06. The van der Waals surface area contributed by atoms with Gasteiger partial charge in [0.05, 0.1) is 5.69 Å². The lowest BCUT2D eigenvalue weighted by Gasteiger charge is -2.08. The maximum atomic E-state index is 6.06. The van der Waals surface area contributed by atoms with Crippen molar-refractivity contribution < 1.29 is 4.42 Å². The first-order valence-corrected chi connectivity index (χ1v) is 10.7. The number of nitrogens with zero attached hydrogens (tertiary/aromatic N) is 2. The van der Waals surface area contributed by atoms with Crippen LogP contribution in [0.25, 0.3) is 55.7 Å². The Bertz CT molecular complexity index is 1560. The minimum absolute atomic E-state index is 0.739. The van der Waals surface area contributed by atoms with Gasteiger partial charge < -0.3 is 4.42 Å². The highest BCUT2D eigenvalue weighted by atomic mass is 16.3. The van der Waals surface area contributed by atoms with Crippen molar-refractivity contribution in [1.29, 1.82) is 0 Å². The third-order valence-electron chi connectivity index (χ3n) is 5.78. The fourth-order valence-corrected chi connectivity index (χ4v) is 4.17. The molecular formula is C29H20N2O. The molecule has 0 unspecified atom stereocenters. The molecule has 0 bridgehead atoms. The summed E-state index contributed by atoms with van der Waals surface area (Å²) in [5.74, 6) is 0.739. The predicted molar refractivity (Wildman–Crippen MR) is 130 cm³/mol. The van der Waals surface area contributed by atoms with Crippen LogP contribution in [0.15, 0.2) is 108 Å². The summed E-state index contributed by atoms with van der Waals surface area (Å²) in [5.41, 5.74) is 8.06. The van der Waals surface area contributed by atoms with E-state index in [0.29, 0.717) is 0 Å². The van der Waals surface area contributed by atoms with E-state index in [-0.39, 0.29) is 0 Å². The highest BCUT2D eigenvalue weighted by molar-refractivity contribution is 6.05. The first-order valence-electron chi connectivity index (χ1n) is 10.7. The summed E-state index contributed by atoms with van der Waals surface area (Å²) in [7, 11) is 0. The molecule has 0 spiro atoms. The van der Waals surface area contributed by atoms with Gasteiger partial charge in [-0.25, -0.2) is 9.97 Å². The molecule has 32 heavy (non-hydrogen) atoms.